The molecule has 0 aromatic heterocycles. The maximum absolute atomic E-state index is 12.3. The molecule has 0 radical (unpaired) electrons. The van der Waals surface area contributed by atoms with Crippen LogP contribution in [0.15, 0.2) is 48.5 Å². The summed E-state index contributed by atoms with van der Waals surface area (Å²) < 4.78 is 0. The van der Waals surface area contributed by atoms with Crippen molar-refractivity contribution in [3.05, 3.63) is 59.7 Å². The molecule has 1 atom stereocenters. The van der Waals surface area contributed by atoms with Gasteiger partial charge < -0.3 is 10.4 Å². The highest BCUT2D eigenvalue weighted by molar-refractivity contribution is 6.32. The van der Waals surface area contributed by atoms with Gasteiger partial charge in [0.2, 0.25) is 5.91 Å². The predicted octanol–water partition coefficient (Wildman–Crippen LogP) is 4.61. The fourth-order valence-corrected chi connectivity index (χ4v) is 2.42. The number of hydrogen-bond donors (Lipinski definition) is 2. The number of phenolic OH excluding ortho intramolecular Hbond substituents is 1. The van der Waals surface area contributed by atoms with Crippen molar-refractivity contribution < 1.29 is 9.90 Å². The first kappa shape index (κ1) is 16.4. The van der Waals surface area contributed by atoms with Gasteiger partial charge in [0.25, 0.3) is 0 Å². The summed E-state index contributed by atoms with van der Waals surface area (Å²) >= 11 is 6.19. The van der Waals surface area contributed by atoms with Crippen molar-refractivity contribution in [1.29, 1.82) is 0 Å². The Morgan fingerprint density at radius 1 is 1.09 bits per heavy atom. The normalized spacial score (nSPS) is 12.7. The molecular weight excluding hydrogens is 298 g/mol. The number of benzene rings is 2. The standard InChI is InChI=1S/C18H20ClNO2/c1-18(2,3)13-10-7-11-14(16(13)21)20-17(22)15(19)12-8-5-4-6-9-12/h4-11,15,21H,1-3H3,(H,20,22). The molecule has 1 amide bonds. The van der Waals surface area contributed by atoms with E-state index in [9.17, 15) is 9.90 Å². The molecule has 1 unspecified atom stereocenters. The van der Waals surface area contributed by atoms with Crippen LogP contribution in [0, 0.1) is 0 Å². The number of rotatable bonds is 3. The molecule has 2 rings (SSSR count). The molecule has 116 valence electrons. The van der Waals surface area contributed by atoms with E-state index in [0.29, 0.717) is 11.3 Å². The Morgan fingerprint density at radius 2 is 1.73 bits per heavy atom. The van der Waals surface area contributed by atoms with Gasteiger partial charge in [-0.05, 0) is 17.0 Å². The van der Waals surface area contributed by atoms with Gasteiger partial charge in [0.15, 0.2) is 0 Å². The summed E-state index contributed by atoms with van der Waals surface area (Å²) in [5.74, 6) is -0.283. The second kappa shape index (κ2) is 6.41. The lowest BCUT2D eigenvalue weighted by Crippen LogP contribution is -2.18. The summed E-state index contributed by atoms with van der Waals surface area (Å²) in [6.07, 6.45) is 0. The van der Waals surface area contributed by atoms with E-state index in [2.05, 4.69) is 5.32 Å². The van der Waals surface area contributed by atoms with Gasteiger partial charge in [0, 0.05) is 5.56 Å². The van der Waals surface area contributed by atoms with Crippen LogP contribution in [0.3, 0.4) is 0 Å². The molecular formula is C18H20ClNO2. The number of amides is 1. The number of para-hydroxylation sites is 1. The minimum Gasteiger partial charge on any atom is -0.505 e. The molecule has 22 heavy (non-hydrogen) atoms. The number of carbonyl (C=O) groups is 1. The average molecular weight is 318 g/mol. The molecule has 0 saturated heterocycles. The molecule has 0 aliphatic rings. The van der Waals surface area contributed by atoms with Crippen molar-refractivity contribution in [3.63, 3.8) is 0 Å². The molecule has 0 heterocycles. The lowest BCUT2D eigenvalue weighted by Gasteiger charge is -2.22. The zero-order valence-electron chi connectivity index (χ0n) is 12.9. The summed E-state index contributed by atoms with van der Waals surface area (Å²) in [6, 6.07) is 14.4. The van der Waals surface area contributed by atoms with Crippen LogP contribution in [-0.4, -0.2) is 11.0 Å². The largest absolute Gasteiger partial charge is 0.505 e. The fourth-order valence-electron chi connectivity index (χ4n) is 2.22. The van der Waals surface area contributed by atoms with Gasteiger partial charge in [-0.3, -0.25) is 4.79 Å². The van der Waals surface area contributed by atoms with Crippen LogP contribution in [0.2, 0.25) is 0 Å². The highest BCUT2D eigenvalue weighted by Gasteiger charge is 2.22. The Morgan fingerprint density at radius 3 is 2.32 bits per heavy atom. The quantitative estimate of drug-likeness (QED) is 0.641. The number of phenols is 1. The lowest BCUT2D eigenvalue weighted by atomic mass is 9.86. The van der Waals surface area contributed by atoms with Gasteiger partial charge in [-0.1, -0.05) is 63.2 Å². The molecule has 0 aliphatic heterocycles. The van der Waals surface area contributed by atoms with Crippen molar-refractivity contribution in [1.82, 2.24) is 0 Å². The summed E-state index contributed by atoms with van der Waals surface area (Å²) in [5.41, 5.74) is 1.65. The molecule has 0 aliphatic carbocycles. The zero-order valence-corrected chi connectivity index (χ0v) is 13.7. The maximum atomic E-state index is 12.3. The van der Waals surface area contributed by atoms with E-state index in [0.717, 1.165) is 5.56 Å². The molecule has 0 fully saturated rings. The van der Waals surface area contributed by atoms with Gasteiger partial charge in [0.05, 0.1) is 5.69 Å². The Kier molecular flexibility index (Phi) is 4.77. The van der Waals surface area contributed by atoms with E-state index >= 15 is 0 Å². The van der Waals surface area contributed by atoms with Gasteiger partial charge in [-0.15, -0.1) is 11.6 Å². The molecule has 0 saturated carbocycles. The van der Waals surface area contributed by atoms with Crippen LogP contribution in [0.5, 0.6) is 5.75 Å². The maximum Gasteiger partial charge on any atom is 0.247 e. The highest BCUT2D eigenvalue weighted by Crippen LogP contribution is 2.36. The zero-order chi connectivity index (χ0) is 16.3. The van der Waals surface area contributed by atoms with Crippen molar-refractivity contribution >= 4 is 23.2 Å². The topological polar surface area (TPSA) is 49.3 Å². The summed E-state index contributed by atoms with van der Waals surface area (Å²) in [6.45, 7) is 6.01. The number of halogens is 1. The van der Waals surface area contributed by atoms with Gasteiger partial charge in [0.1, 0.15) is 11.1 Å². The molecule has 2 N–H and O–H groups in total. The Bertz CT molecular complexity index is 663. The third-order valence-electron chi connectivity index (χ3n) is 3.42. The van der Waals surface area contributed by atoms with Crippen molar-refractivity contribution in [2.75, 3.05) is 5.32 Å². The smallest absolute Gasteiger partial charge is 0.247 e. The third kappa shape index (κ3) is 3.60. The van der Waals surface area contributed by atoms with Crippen LogP contribution in [0.25, 0.3) is 0 Å². The van der Waals surface area contributed by atoms with Crippen molar-refractivity contribution in [3.8, 4) is 5.75 Å². The molecule has 0 spiro atoms. The summed E-state index contributed by atoms with van der Waals surface area (Å²) in [7, 11) is 0. The highest BCUT2D eigenvalue weighted by atomic mass is 35.5. The van der Waals surface area contributed by atoms with E-state index in [1.165, 1.54) is 0 Å². The van der Waals surface area contributed by atoms with E-state index < -0.39 is 5.38 Å². The lowest BCUT2D eigenvalue weighted by molar-refractivity contribution is -0.116. The second-order valence-electron chi connectivity index (χ2n) is 6.21. The second-order valence-corrected chi connectivity index (χ2v) is 6.65. The SMILES string of the molecule is CC(C)(C)c1cccc(NC(=O)C(Cl)c2ccccc2)c1O. The number of carbonyl (C=O) groups excluding carboxylic acids is 1. The van der Waals surface area contributed by atoms with Crippen LogP contribution >= 0.6 is 11.6 Å². The summed E-state index contributed by atoms with van der Waals surface area (Å²) in [5, 5.41) is 12.3. The monoisotopic (exact) mass is 317 g/mol. The average Bonchev–Trinajstić information content (AvgIpc) is 2.48. The first-order chi connectivity index (χ1) is 10.3. The van der Waals surface area contributed by atoms with Crippen LogP contribution < -0.4 is 5.32 Å². The van der Waals surface area contributed by atoms with Crippen LogP contribution in [0.1, 0.15) is 37.3 Å². The van der Waals surface area contributed by atoms with E-state index in [1.807, 2.05) is 51.1 Å². The molecule has 0 bridgehead atoms. The van der Waals surface area contributed by atoms with Gasteiger partial charge in [-0.25, -0.2) is 0 Å². The number of nitrogens with one attached hydrogen (secondary N) is 1. The van der Waals surface area contributed by atoms with Crippen molar-refractivity contribution in [2.45, 2.75) is 31.6 Å². The Labute approximate surface area is 135 Å². The Hall–Kier alpha value is -2.00. The van der Waals surface area contributed by atoms with E-state index in [-0.39, 0.29) is 17.1 Å². The number of hydrogen-bond acceptors (Lipinski definition) is 2. The third-order valence-corrected chi connectivity index (χ3v) is 3.87. The number of alkyl halides is 1. The van der Waals surface area contributed by atoms with E-state index in [1.54, 1.807) is 18.2 Å². The first-order valence-electron chi connectivity index (χ1n) is 7.13. The molecule has 2 aromatic carbocycles. The van der Waals surface area contributed by atoms with Crippen LogP contribution in [-0.2, 0) is 10.2 Å². The predicted molar refractivity (Wildman–Crippen MR) is 90.5 cm³/mol. The fraction of sp³-hybridized carbons (Fsp3) is 0.278. The van der Waals surface area contributed by atoms with Gasteiger partial charge >= 0.3 is 0 Å². The van der Waals surface area contributed by atoms with Crippen molar-refractivity contribution in [2.24, 2.45) is 0 Å². The van der Waals surface area contributed by atoms with Crippen LogP contribution in [0.4, 0.5) is 5.69 Å². The van der Waals surface area contributed by atoms with Gasteiger partial charge in [-0.2, -0.15) is 0 Å². The first-order valence-corrected chi connectivity index (χ1v) is 7.56. The Balaban J connectivity index is 2.23. The summed E-state index contributed by atoms with van der Waals surface area (Å²) in [4.78, 5) is 12.3. The number of anilines is 1. The molecule has 2 aromatic rings. The molecule has 4 heteroatoms. The van der Waals surface area contributed by atoms with E-state index in [4.69, 9.17) is 11.6 Å². The molecule has 3 nitrogen and oxygen atoms in total. The number of aromatic hydroxyl groups is 1. The minimum atomic E-state index is -0.807. The minimum absolute atomic E-state index is 0.0836.